The summed E-state index contributed by atoms with van der Waals surface area (Å²) in [5.74, 6) is -0.553. The van der Waals surface area contributed by atoms with Crippen LogP contribution in [0.3, 0.4) is 0 Å². The molecule has 0 aliphatic heterocycles. The molecule has 0 radical (unpaired) electrons. The molecule has 0 bridgehead atoms. The van der Waals surface area contributed by atoms with Crippen molar-refractivity contribution >= 4 is 17.4 Å². The van der Waals surface area contributed by atoms with Crippen molar-refractivity contribution in [3.63, 3.8) is 0 Å². The van der Waals surface area contributed by atoms with E-state index in [9.17, 15) is 14.9 Å². The molecular formula is C12H12N2O5. The van der Waals surface area contributed by atoms with E-state index in [2.05, 4.69) is 9.89 Å². The van der Waals surface area contributed by atoms with Crippen LogP contribution >= 0.6 is 0 Å². The zero-order valence-corrected chi connectivity index (χ0v) is 10.4. The first-order valence-corrected chi connectivity index (χ1v) is 5.24. The molecule has 19 heavy (non-hydrogen) atoms. The molecule has 0 N–H and O–H groups in total. The molecule has 100 valence electrons. The quantitative estimate of drug-likeness (QED) is 0.202. The number of rotatable bonds is 5. The number of non-ortho nitro benzene ring substituents is 1. The van der Waals surface area contributed by atoms with E-state index in [1.165, 1.54) is 19.2 Å². The smallest absolute Gasteiger partial charge is 0.333 e. The van der Waals surface area contributed by atoms with Gasteiger partial charge in [0.25, 0.3) is 5.69 Å². The highest BCUT2D eigenvalue weighted by molar-refractivity contribution is 5.98. The number of methoxy groups -OCH3 is 1. The van der Waals surface area contributed by atoms with Crippen molar-refractivity contribution < 1.29 is 19.3 Å². The molecule has 1 aromatic rings. The number of hydrogen-bond acceptors (Lipinski definition) is 6. The van der Waals surface area contributed by atoms with Crippen LogP contribution in [0, 0.1) is 10.1 Å². The van der Waals surface area contributed by atoms with Crippen molar-refractivity contribution in [3.05, 3.63) is 52.3 Å². The maximum atomic E-state index is 10.7. The number of nitrogens with zero attached hydrogens (tertiary/aromatic N) is 2. The number of esters is 1. The van der Waals surface area contributed by atoms with Crippen LogP contribution in [-0.4, -0.2) is 23.7 Å². The fourth-order valence-electron chi connectivity index (χ4n) is 1.14. The molecule has 1 aromatic carbocycles. The van der Waals surface area contributed by atoms with E-state index in [0.717, 1.165) is 12.3 Å². The number of ether oxygens (including phenoxy) is 1. The average Bonchev–Trinajstić information content (AvgIpc) is 2.43. The Hall–Kier alpha value is -2.70. The van der Waals surface area contributed by atoms with Gasteiger partial charge in [0.2, 0.25) is 0 Å². The van der Waals surface area contributed by atoms with Crippen LogP contribution in [-0.2, 0) is 14.4 Å². The monoisotopic (exact) mass is 264 g/mol. The Morgan fingerprint density at radius 3 is 2.53 bits per heavy atom. The van der Waals surface area contributed by atoms with E-state index >= 15 is 0 Å². The van der Waals surface area contributed by atoms with Crippen LogP contribution < -0.4 is 0 Å². The summed E-state index contributed by atoms with van der Waals surface area (Å²) in [4.78, 5) is 25.5. The van der Waals surface area contributed by atoms with Crippen molar-refractivity contribution in [2.24, 2.45) is 5.16 Å². The normalized spacial score (nSPS) is 11.4. The fourth-order valence-corrected chi connectivity index (χ4v) is 1.14. The van der Waals surface area contributed by atoms with Gasteiger partial charge < -0.3 is 9.57 Å². The second-order valence-electron chi connectivity index (χ2n) is 3.41. The Labute approximate surface area is 109 Å². The van der Waals surface area contributed by atoms with Crippen molar-refractivity contribution in [2.75, 3.05) is 7.11 Å². The highest BCUT2D eigenvalue weighted by atomic mass is 16.6. The van der Waals surface area contributed by atoms with E-state index in [1.54, 1.807) is 19.1 Å². The SMILES string of the molecule is COC(=O)/C=C/O/N=C(\C)c1ccc([N+](=O)[O-])cc1. The molecule has 0 heterocycles. The third-order valence-corrected chi connectivity index (χ3v) is 2.15. The molecule has 0 aromatic heterocycles. The van der Waals surface area contributed by atoms with Crippen molar-refractivity contribution in [1.29, 1.82) is 0 Å². The fraction of sp³-hybridized carbons (Fsp3) is 0.167. The summed E-state index contributed by atoms with van der Waals surface area (Å²) in [7, 11) is 1.25. The Kier molecular flexibility index (Phi) is 5.21. The van der Waals surface area contributed by atoms with Crippen LogP contribution in [0.25, 0.3) is 0 Å². The molecule has 7 nitrogen and oxygen atoms in total. The summed E-state index contributed by atoms with van der Waals surface area (Å²) in [6.07, 6.45) is 2.16. The Morgan fingerprint density at radius 2 is 2.00 bits per heavy atom. The minimum Gasteiger partial charge on any atom is -0.466 e. The van der Waals surface area contributed by atoms with Gasteiger partial charge in [0.05, 0.1) is 23.8 Å². The number of oxime groups is 1. The predicted molar refractivity (Wildman–Crippen MR) is 67.5 cm³/mol. The van der Waals surface area contributed by atoms with Gasteiger partial charge in [-0.25, -0.2) is 4.79 Å². The molecule has 0 atom stereocenters. The zero-order chi connectivity index (χ0) is 14.3. The summed E-state index contributed by atoms with van der Waals surface area (Å²) in [5.41, 5.74) is 1.20. The molecule has 7 heteroatoms. The van der Waals surface area contributed by atoms with Crippen molar-refractivity contribution in [1.82, 2.24) is 0 Å². The first-order chi connectivity index (χ1) is 9.04. The number of carbonyl (C=O) groups is 1. The van der Waals surface area contributed by atoms with Gasteiger partial charge in [0.1, 0.15) is 6.26 Å². The second kappa shape index (κ2) is 6.90. The molecular weight excluding hydrogens is 252 g/mol. The number of hydrogen-bond donors (Lipinski definition) is 0. The van der Waals surface area contributed by atoms with Gasteiger partial charge in [-0.15, -0.1) is 0 Å². The molecule has 0 amide bonds. The largest absolute Gasteiger partial charge is 0.466 e. The van der Waals surface area contributed by atoms with E-state index in [-0.39, 0.29) is 5.69 Å². The van der Waals surface area contributed by atoms with Crippen molar-refractivity contribution in [2.45, 2.75) is 6.92 Å². The van der Waals surface area contributed by atoms with E-state index < -0.39 is 10.9 Å². The van der Waals surface area contributed by atoms with Gasteiger partial charge in [-0.3, -0.25) is 10.1 Å². The van der Waals surface area contributed by atoms with Crippen LogP contribution in [0.1, 0.15) is 12.5 Å². The third kappa shape index (κ3) is 4.58. The first-order valence-electron chi connectivity index (χ1n) is 5.24. The Balaban J connectivity index is 2.66. The molecule has 0 saturated heterocycles. The van der Waals surface area contributed by atoms with Crippen molar-refractivity contribution in [3.8, 4) is 0 Å². The third-order valence-electron chi connectivity index (χ3n) is 2.15. The highest BCUT2D eigenvalue weighted by Crippen LogP contribution is 2.12. The molecule has 1 rings (SSSR count). The van der Waals surface area contributed by atoms with Gasteiger partial charge in [-0.05, 0) is 24.6 Å². The minimum atomic E-state index is -0.553. The maximum absolute atomic E-state index is 10.7. The number of nitro groups is 1. The van der Waals surface area contributed by atoms with E-state index in [1.807, 2.05) is 0 Å². The summed E-state index contributed by atoms with van der Waals surface area (Å²) < 4.78 is 4.36. The van der Waals surface area contributed by atoms with Gasteiger partial charge in [-0.2, -0.15) is 0 Å². The topological polar surface area (TPSA) is 91.0 Å². The lowest BCUT2D eigenvalue weighted by Crippen LogP contribution is -1.97. The Morgan fingerprint density at radius 1 is 1.37 bits per heavy atom. The Bertz CT molecular complexity index is 519. The van der Waals surface area contributed by atoms with Gasteiger partial charge in [0.15, 0.2) is 0 Å². The van der Waals surface area contributed by atoms with Gasteiger partial charge in [-0.1, -0.05) is 5.16 Å². The van der Waals surface area contributed by atoms with Gasteiger partial charge >= 0.3 is 5.97 Å². The van der Waals surface area contributed by atoms with Crippen LogP contribution in [0.15, 0.2) is 41.8 Å². The predicted octanol–water partition coefficient (Wildman–Crippen LogP) is 2.02. The highest BCUT2D eigenvalue weighted by Gasteiger charge is 2.05. The van der Waals surface area contributed by atoms with Crippen LogP contribution in [0.2, 0.25) is 0 Å². The molecule has 0 aliphatic rings. The van der Waals surface area contributed by atoms with E-state index in [4.69, 9.17) is 4.84 Å². The molecule has 0 saturated carbocycles. The summed E-state index contributed by atoms with van der Waals surface area (Å²) >= 11 is 0. The summed E-state index contributed by atoms with van der Waals surface area (Å²) in [6.45, 7) is 1.67. The zero-order valence-electron chi connectivity index (χ0n) is 10.4. The van der Waals surface area contributed by atoms with Gasteiger partial charge in [0, 0.05) is 12.1 Å². The number of benzene rings is 1. The lowest BCUT2D eigenvalue weighted by Gasteiger charge is -1.99. The lowest BCUT2D eigenvalue weighted by atomic mass is 10.1. The average molecular weight is 264 g/mol. The number of nitro benzene ring substituents is 1. The molecule has 0 aliphatic carbocycles. The second-order valence-corrected chi connectivity index (χ2v) is 3.41. The standard InChI is InChI=1S/C12H12N2O5/c1-9(13-19-8-7-12(15)18-2)10-3-5-11(6-4-10)14(16)17/h3-8H,1-2H3/b8-7+,13-9+. The maximum Gasteiger partial charge on any atom is 0.333 e. The molecule has 0 spiro atoms. The molecule has 0 fully saturated rings. The van der Waals surface area contributed by atoms with E-state index in [0.29, 0.717) is 11.3 Å². The summed E-state index contributed by atoms with van der Waals surface area (Å²) in [6, 6.07) is 5.87. The number of carbonyl (C=O) groups excluding carboxylic acids is 1. The minimum absolute atomic E-state index is 0.00283. The van der Waals surface area contributed by atoms with Crippen LogP contribution in [0.4, 0.5) is 5.69 Å². The molecule has 0 unspecified atom stereocenters. The summed E-state index contributed by atoms with van der Waals surface area (Å²) in [5, 5.41) is 14.2. The lowest BCUT2D eigenvalue weighted by molar-refractivity contribution is -0.384. The van der Waals surface area contributed by atoms with Crippen LogP contribution in [0.5, 0.6) is 0 Å². The first kappa shape index (κ1) is 14.4.